The van der Waals surface area contributed by atoms with Crippen LogP contribution in [0.25, 0.3) is 10.9 Å². The second-order valence-electron chi connectivity index (χ2n) is 5.75. The minimum absolute atomic E-state index is 0.802. The van der Waals surface area contributed by atoms with Crippen molar-refractivity contribution in [3.05, 3.63) is 48.8 Å². The molecule has 4 rings (SSSR count). The summed E-state index contributed by atoms with van der Waals surface area (Å²) in [5.74, 6) is 2.67. The molecule has 0 unspecified atom stereocenters. The van der Waals surface area contributed by atoms with Crippen LogP contribution in [0.15, 0.2) is 48.8 Å². The van der Waals surface area contributed by atoms with Crippen molar-refractivity contribution in [1.29, 1.82) is 0 Å². The third kappa shape index (κ3) is 2.82. The maximum atomic E-state index is 5.27. The number of anilines is 2. The van der Waals surface area contributed by atoms with Gasteiger partial charge in [0.2, 0.25) is 5.95 Å². The molecule has 1 saturated heterocycles. The highest BCUT2D eigenvalue weighted by atomic mass is 16.5. The van der Waals surface area contributed by atoms with Crippen LogP contribution in [0.3, 0.4) is 0 Å². The average molecular weight is 321 g/mol. The Morgan fingerprint density at radius 2 is 1.67 bits per heavy atom. The Kier molecular flexibility index (Phi) is 3.86. The number of ether oxygens (including phenoxy) is 1. The van der Waals surface area contributed by atoms with E-state index in [9.17, 15) is 0 Å². The summed E-state index contributed by atoms with van der Waals surface area (Å²) >= 11 is 0. The highest BCUT2D eigenvalue weighted by molar-refractivity contribution is 5.81. The number of nitrogens with zero attached hydrogens (tertiary/aromatic N) is 5. The van der Waals surface area contributed by atoms with Gasteiger partial charge in [-0.3, -0.25) is 0 Å². The smallest absolute Gasteiger partial charge is 0.225 e. The molecule has 0 saturated carbocycles. The maximum Gasteiger partial charge on any atom is 0.225 e. The van der Waals surface area contributed by atoms with E-state index in [-0.39, 0.29) is 0 Å². The predicted octanol–water partition coefficient (Wildman–Crippen LogP) is 2.36. The lowest BCUT2D eigenvalue weighted by atomic mass is 10.2. The number of piperazine rings is 1. The van der Waals surface area contributed by atoms with Gasteiger partial charge >= 0.3 is 0 Å². The molecule has 1 aliphatic rings. The van der Waals surface area contributed by atoms with Gasteiger partial charge in [-0.25, -0.2) is 15.0 Å². The van der Waals surface area contributed by atoms with Gasteiger partial charge in [0.15, 0.2) is 0 Å². The fourth-order valence-corrected chi connectivity index (χ4v) is 2.99. The summed E-state index contributed by atoms with van der Waals surface area (Å²) in [5, 5.41) is 1.09. The third-order valence-electron chi connectivity index (χ3n) is 4.32. The molecule has 0 aliphatic carbocycles. The largest absolute Gasteiger partial charge is 0.497 e. The normalized spacial score (nSPS) is 14.9. The molecule has 1 aromatic carbocycles. The van der Waals surface area contributed by atoms with Gasteiger partial charge in [0.1, 0.15) is 11.6 Å². The number of methoxy groups -OCH3 is 1. The summed E-state index contributed by atoms with van der Waals surface area (Å²) in [6.45, 7) is 3.61. The Balaban J connectivity index is 1.50. The molecule has 0 N–H and O–H groups in total. The summed E-state index contributed by atoms with van der Waals surface area (Å²) < 4.78 is 5.27. The molecule has 1 aliphatic heterocycles. The molecular weight excluding hydrogens is 302 g/mol. The molecule has 6 nitrogen and oxygen atoms in total. The SMILES string of the molecule is COc1ccc2nc(N3CCN(c4ncccn4)CC3)ccc2c1. The van der Waals surface area contributed by atoms with Gasteiger partial charge in [0.05, 0.1) is 12.6 Å². The highest BCUT2D eigenvalue weighted by Crippen LogP contribution is 2.23. The molecule has 6 heteroatoms. The number of pyridine rings is 1. The predicted molar refractivity (Wildman–Crippen MR) is 94.8 cm³/mol. The van der Waals surface area contributed by atoms with E-state index in [2.05, 4.69) is 31.9 Å². The van der Waals surface area contributed by atoms with E-state index in [1.165, 1.54) is 0 Å². The molecule has 0 spiro atoms. The zero-order chi connectivity index (χ0) is 16.4. The topological polar surface area (TPSA) is 54.4 Å². The number of rotatable bonds is 3. The fraction of sp³-hybridized carbons (Fsp3) is 0.278. The van der Waals surface area contributed by atoms with Crippen LogP contribution in [0.5, 0.6) is 5.75 Å². The molecule has 0 bridgehead atoms. The fourth-order valence-electron chi connectivity index (χ4n) is 2.99. The van der Waals surface area contributed by atoms with Crippen LogP contribution in [0.4, 0.5) is 11.8 Å². The first kappa shape index (κ1) is 14.7. The Bertz CT molecular complexity index is 831. The lowest BCUT2D eigenvalue weighted by Crippen LogP contribution is -2.47. The third-order valence-corrected chi connectivity index (χ3v) is 4.32. The molecular formula is C18H19N5O. The van der Waals surface area contributed by atoms with Gasteiger partial charge < -0.3 is 14.5 Å². The molecule has 1 fully saturated rings. The van der Waals surface area contributed by atoms with Crippen molar-refractivity contribution in [3.8, 4) is 5.75 Å². The van der Waals surface area contributed by atoms with Crippen LogP contribution in [-0.2, 0) is 0 Å². The summed E-state index contributed by atoms with van der Waals surface area (Å²) in [5.41, 5.74) is 0.988. The molecule has 3 aromatic rings. The molecule has 24 heavy (non-hydrogen) atoms. The zero-order valence-corrected chi connectivity index (χ0v) is 13.6. The van der Waals surface area contributed by atoms with E-state index in [1.54, 1.807) is 19.5 Å². The number of fused-ring (bicyclic) bond motifs is 1. The Labute approximate surface area is 140 Å². The highest BCUT2D eigenvalue weighted by Gasteiger charge is 2.19. The van der Waals surface area contributed by atoms with Crippen molar-refractivity contribution in [2.45, 2.75) is 0 Å². The zero-order valence-electron chi connectivity index (χ0n) is 13.6. The number of hydrogen-bond acceptors (Lipinski definition) is 6. The van der Waals surface area contributed by atoms with Crippen molar-refractivity contribution < 1.29 is 4.74 Å². The average Bonchev–Trinajstić information content (AvgIpc) is 2.68. The molecule has 0 atom stereocenters. The minimum Gasteiger partial charge on any atom is -0.497 e. The van der Waals surface area contributed by atoms with Crippen molar-refractivity contribution in [2.75, 3.05) is 43.1 Å². The molecule has 0 amide bonds. The Morgan fingerprint density at radius 1 is 0.917 bits per heavy atom. The molecule has 0 radical (unpaired) electrons. The number of benzene rings is 1. The molecule has 3 heterocycles. The first-order valence-corrected chi connectivity index (χ1v) is 8.05. The van der Waals surface area contributed by atoms with Gasteiger partial charge in [-0.2, -0.15) is 0 Å². The standard InChI is InChI=1S/C18H19N5O/c1-24-15-4-5-16-14(13-15)3-6-17(21-16)22-9-11-23(12-10-22)18-19-7-2-8-20-18/h2-8,13H,9-12H2,1H3. The van der Waals surface area contributed by atoms with Gasteiger partial charge in [-0.1, -0.05) is 0 Å². The first-order chi connectivity index (χ1) is 11.8. The van der Waals surface area contributed by atoms with Crippen LogP contribution in [-0.4, -0.2) is 48.2 Å². The van der Waals surface area contributed by atoms with E-state index in [0.29, 0.717) is 0 Å². The number of aromatic nitrogens is 3. The summed E-state index contributed by atoms with van der Waals surface area (Å²) in [4.78, 5) is 18.0. The van der Waals surface area contributed by atoms with Crippen molar-refractivity contribution in [3.63, 3.8) is 0 Å². The van der Waals surface area contributed by atoms with E-state index in [4.69, 9.17) is 9.72 Å². The van der Waals surface area contributed by atoms with E-state index >= 15 is 0 Å². The van der Waals surface area contributed by atoms with Crippen molar-refractivity contribution in [1.82, 2.24) is 15.0 Å². The van der Waals surface area contributed by atoms with Crippen LogP contribution in [0.1, 0.15) is 0 Å². The second-order valence-corrected chi connectivity index (χ2v) is 5.75. The first-order valence-electron chi connectivity index (χ1n) is 8.05. The van der Waals surface area contributed by atoms with Gasteiger partial charge in [-0.05, 0) is 36.4 Å². The van der Waals surface area contributed by atoms with E-state index in [1.807, 2.05) is 24.3 Å². The van der Waals surface area contributed by atoms with E-state index < -0.39 is 0 Å². The van der Waals surface area contributed by atoms with Crippen molar-refractivity contribution in [2.24, 2.45) is 0 Å². The lowest BCUT2D eigenvalue weighted by molar-refractivity contribution is 0.415. The maximum absolute atomic E-state index is 5.27. The number of hydrogen-bond donors (Lipinski definition) is 0. The monoisotopic (exact) mass is 321 g/mol. The van der Waals surface area contributed by atoms with Crippen LogP contribution < -0.4 is 14.5 Å². The molecule has 122 valence electrons. The Hall–Kier alpha value is -2.89. The van der Waals surface area contributed by atoms with Gasteiger partial charge in [0.25, 0.3) is 0 Å². The van der Waals surface area contributed by atoms with Gasteiger partial charge in [-0.15, -0.1) is 0 Å². The summed E-state index contributed by atoms with van der Waals surface area (Å²) in [6, 6.07) is 12.0. The van der Waals surface area contributed by atoms with Gasteiger partial charge in [0, 0.05) is 44.0 Å². The minimum atomic E-state index is 0.802. The van der Waals surface area contributed by atoms with Crippen LogP contribution in [0.2, 0.25) is 0 Å². The summed E-state index contributed by atoms with van der Waals surface area (Å²) in [6.07, 6.45) is 3.57. The van der Waals surface area contributed by atoms with E-state index in [0.717, 1.165) is 54.6 Å². The second kappa shape index (κ2) is 6.31. The molecule has 2 aromatic heterocycles. The van der Waals surface area contributed by atoms with Crippen molar-refractivity contribution >= 4 is 22.7 Å². The summed E-state index contributed by atoms with van der Waals surface area (Å²) in [7, 11) is 1.68. The lowest BCUT2D eigenvalue weighted by Gasteiger charge is -2.35. The van der Waals surface area contributed by atoms with Crippen LogP contribution in [0, 0.1) is 0 Å². The quantitative estimate of drug-likeness (QED) is 0.738. The Morgan fingerprint density at radius 3 is 2.42 bits per heavy atom. The van der Waals surface area contributed by atoms with Crippen LogP contribution >= 0.6 is 0 Å².